The van der Waals surface area contributed by atoms with Gasteiger partial charge in [0.25, 0.3) is 0 Å². The van der Waals surface area contributed by atoms with Crippen molar-refractivity contribution in [3.8, 4) is 0 Å². The summed E-state index contributed by atoms with van der Waals surface area (Å²) in [4.78, 5) is 0. The molecule has 0 aliphatic rings. The first-order valence-electron chi connectivity index (χ1n) is 6.12. The van der Waals surface area contributed by atoms with Gasteiger partial charge in [-0.3, -0.25) is 0 Å². The van der Waals surface area contributed by atoms with Gasteiger partial charge in [-0.1, -0.05) is 51.8 Å². The molecule has 5 heteroatoms. The summed E-state index contributed by atoms with van der Waals surface area (Å²) in [5, 5.41) is 11.2. The fourth-order valence-corrected chi connectivity index (χ4v) is 3.19. The summed E-state index contributed by atoms with van der Waals surface area (Å²) in [6.07, 6.45) is -0.751. The minimum Gasteiger partial charge on any atom is -0.388 e. The van der Waals surface area contributed by atoms with Gasteiger partial charge in [0.05, 0.1) is 11.1 Å². The quantitative estimate of drug-likeness (QED) is 0.758. The SMILES string of the molecule is NCC(c1cccc(Br)c1)C(O)c1cccc(Br)c1Cl. The van der Waals surface area contributed by atoms with E-state index in [1.165, 1.54) is 0 Å². The van der Waals surface area contributed by atoms with Crippen molar-refractivity contribution in [3.63, 3.8) is 0 Å². The van der Waals surface area contributed by atoms with Crippen molar-refractivity contribution in [1.29, 1.82) is 0 Å². The number of aliphatic hydroxyl groups is 1. The van der Waals surface area contributed by atoms with Crippen molar-refractivity contribution >= 4 is 43.5 Å². The standard InChI is InChI=1S/C15H14Br2ClNO/c16-10-4-1-3-9(7-10)12(8-19)15(20)11-5-2-6-13(17)14(11)18/h1-7,12,15,20H,8,19H2. The Morgan fingerprint density at radius 3 is 2.50 bits per heavy atom. The van der Waals surface area contributed by atoms with E-state index in [0.29, 0.717) is 17.1 Å². The van der Waals surface area contributed by atoms with Crippen LogP contribution in [0.4, 0.5) is 0 Å². The second kappa shape index (κ2) is 7.05. The van der Waals surface area contributed by atoms with E-state index < -0.39 is 6.10 Å². The van der Waals surface area contributed by atoms with Crippen LogP contribution in [-0.4, -0.2) is 11.7 Å². The molecule has 0 aromatic heterocycles. The number of aliphatic hydroxyl groups excluding tert-OH is 1. The zero-order valence-electron chi connectivity index (χ0n) is 10.6. The molecule has 0 saturated heterocycles. The molecule has 106 valence electrons. The average Bonchev–Trinajstić information content (AvgIpc) is 2.42. The van der Waals surface area contributed by atoms with Gasteiger partial charge in [0, 0.05) is 27.0 Å². The Morgan fingerprint density at radius 1 is 1.15 bits per heavy atom. The van der Waals surface area contributed by atoms with E-state index in [0.717, 1.165) is 14.5 Å². The summed E-state index contributed by atoms with van der Waals surface area (Å²) in [5.41, 5.74) is 7.51. The lowest BCUT2D eigenvalue weighted by molar-refractivity contribution is 0.147. The Hall–Kier alpha value is -0.390. The molecule has 0 spiro atoms. The second-order valence-electron chi connectivity index (χ2n) is 4.49. The van der Waals surface area contributed by atoms with Crippen LogP contribution in [0.3, 0.4) is 0 Å². The topological polar surface area (TPSA) is 46.2 Å². The molecule has 0 bridgehead atoms. The molecular formula is C15H14Br2ClNO. The molecule has 0 fully saturated rings. The molecule has 3 N–H and O–H groups in total. The smallest absolute Gasteiger partial charge is 0.0885 e. The van der Waals surface area contributed by atoms with E-state index in [1.54, 1.807) is 0 Å². The third-order valence-electron chi connectivity index (χ3n) is 3.21. The van der Waals surface area contributed by atoms with E-state index in [-0.39, 0.29) is 5.92 Å². The lowest BCUT2D eigenvalue weighted by atomic mass is 9.89. The highest BCUT2D eigenvalue weighted by atomic mass is 79.9. The molecule has 0 heterocycles. The van der Waals surface area contributed by atoms with Crippen LogP contribution in [0.5, 0.6) is 0 Å². The van der Waals surface area contributed by atoms with E-state index in [4.69, 9.17) is 17.3 Å². The Labute approximate surface area is 140 Å². The lowest BCUT2D eigenvalue weighted by Gasteiger charge is -2.23. The summed E-state index contributed by atoms with van der Waals surface area (Å²) in [5.74, 6) is -0.209. The highest BCUT2D eigenvalue weighted by molar-refractivity contribution is 9.10. The zero-order chi connectivity index (χ0) is 14.7. The lowest BCUT2D eigenvalue weighted by Crippen LogP contribution is -2.20. The molecular weight excluding hydrogens is 405 g/mol. The maximum atomic E-state index is 10.6. The number of hydrogen-bond acceptors (Lipinski definition) is 2. The Bertz CT molecular complexity index is 606. The molecule has 0 aliphatic carbocycles. The average molecular weight is 420 g/mol. The molecule has 2 unspecified atom stereocenters. The molecule has 20 heavy (non-hydrogen) atoms. The second-order valence-corrected chi connectivity index (χ2v) is 6.63. The first kappa shape index (κ1) is 16.0. The molecule has 0 aliphatic heterocycles. The summed E-state index contributed by atoms with van der Waals surface area (Å²) in [6.45, 7) is 0.334. The molecule has 2 atom stereocenters. The third kappa shape index (κ3) is 3.43. The molecule has 0 amide bonds. The van der Waals surface area contributed by atoms with Crippen LogP contribution >= 0.6 is 43.5 Å². The Morgan fingerprint density at radius 2 is 1.85 bits per heavy atom. The zero-order valence-corrected chi connectivity index (χ0v) is 14.5. The number of halogens is 3. The van der Waals surface area contributed by atoms with Crippen LogP contribution in [0, 0.1) is 0 Å². The van der Waals surface area contributed by atoms with Crippen LogP contribution < -0.4 is 5.73 Å². The van der Waals surface area contributed by atoms with Crippen molar-refractivity contribution < 1.29 is 5.11 Å². The van der Waals surface area contributed by atoms with E-state index >= 15 is 0 Å². The Balaban J connectivity index is 2.39. The number of rotatable bonds is 4. The van der Waals surface area contributed by atoms with Crippen molar-refractivity contribution in [2.24, 2.45) is 5.73 Å². The Kier molecular flexibility index (Phi) is 5.64. The van der Waals surface area contributed by atoms with E-state index in [9.17, 15) is 5.11 Å². The van der Waals surface area contributed by atoms with Gasteiger partial charge < -0.3 is 10.8 Å². The molecule has 0 radical (unpaired) electrons. The van der Waals surface area contributed by atoms with Gasteiger partial charge in [0.1, 0.15) is 0 Å². The summed E-state index contributed by atoms with van der Waals surface area (Å²) in [6, 6.07) is 13.3. The predicted molar refractivity (Wildman–Crippen MR) is 90.0 cm³/mol. The fraction of sp³-hybridized carbons (Fsp3) is 0.200. The molecule has 0 saturated carbocycles. The van der Waals surface area contributed by atoms with Gasteiger partial charge in [-0.15, -0.1) is 0 Å². The normalized spacial score (nSPS) is 14.1. The third-order valence-corrected chi connectivity index (χ3v) is 5.02. The number of nitrogens with two attached hydrogens (primary N) is 1. The van der Waals surface area contributed by atoms with Crippen LogP contribution in [0.2, 0.25) is 5.02 Å². The van der Waals surface area contributed by atoms with Gasteiger partial charge >= 0.3 is 0 Å². The van der Waals surface area contributed by atoms with E-state index in [2.05, 4.69) is 31.9 Å². The molecule has 2 aromatic rings. The summed E-state index contributed by atoms with van der Waals surface area (Å²) in [7, 11) is 0. The van der Waals surface area contributed by atoms with Crippen LogP contribution in [-0.2, 0) is 0 Å². The van der Waals surface area contributed by atoms with Crippen LogP contribution in [0.1, 0.15) is 23.1 Å². The van der Waals surface area contributed by atoms with Gasteiger partial charge in [-0.05, 0) is 39.7 Å². The maximum absolute atomic E-state index is 10.6. The highest BCUT2D eigenvalue weighted by Crippen LogP contribution is 2.37. The van der Waals surface area contributed by atoms with E-state index in [1.807, 2.05) is 42.5 Å². The largest absolute Gasteiger partial charge is 0.388 e. The van der Waals surface area contributed by atoms with Gasteiger partial charge in [-0.25, -0.2) is 0 Å². The van der Waals surface area contributed by atoms with Crippen molar-refractivity contribution in [2.45, 2.75) is 12.0 Å². The first-order valence-corrected chi connectivity index (χ1v) is 8.08. The van der Waals surface area contributed by atoms with Crippen molar-refractivity contribution in [3.05, 3.63) is 67.6 Å². The predicted octanol–water partition coefficient (Wildman–Crippen LogP) is 4.64. The number of benzene rings is 2. The minimum absolute atomic E-state index is 0.209. The summed E-state index contributed by atoms with van der Waals surface area (Å²) >= 11 is 13.1. The fourth-order valence-electron chi connectivity index (χ4n) is 2.15. The van der Waals surface area contributed by atoms with Gasteiger partial charge in [0.15, 0.2) is 0 Å². The molecule has 2 nitrogen and oxygen atoms in total. The number of hydrogen-bond donors (Lipinski definition) is 2. The minimum atomic E-state index is -0.751. The van der Waals surface area contributed by atoms with Gasteiger partial charge in [-0.2, -0.15) is 0 Å². The first-order chi connectivity index (χ1) is 9.54. The van der Waals surface area contributed by atoms with Gasteiger partial charge in [0.2, 0.25) is 0 Å². The van der Waals surface area contributed by atoms with Crippen LogP contribution in [0.15, 0.2) is 51.4 Å². The maximum Gasteiger partial charge on any atom is 0.0885 e. The van der Waals surface area contributed by atoms with Crippen LogP contribution in [0.25, 0.3) is 0 Å². The van der Waals surface area contributed by atoms with Crippen molar-refractivity contribution in [2.75, 3.05) is 6.54 Å². The molecule has 2 aromatic carbocycles. The highest BCUT2D eigenvalue weighted by Gasteiger charge is 2.24. The molecule has 2 rings (SSSR count). The monoisotopic (exact) mass is 417 g/mol. The summed E-state index contributed by atoms with van der Waals surface area (Å²) < 4.78 is 1.72. The van der Waals surface area contributed by atoms with Crippen molar-refractivity contribution in [1.82, 2.24) is 0 Å².